The summed E-state index contributed by atoms with van der Waals surface area (Å²) in [5.74, 6) is 0. The second kappa shape index (κ2) is 11.2. The Bertz CT molecular complexity index is 118. The van der Waals surface area contributed by atoms with E-state index in [-0.39, 0.29) is 12.4 Å². The lowest BCUT2D eigenvalue weighted by molar-refractivity contribution is -0.00000345. The summed E-state index contributed by atoms with van der Waals surface area (Å²) in [6.07, 6.45) is 13.1. The molecule has 0 aromatic carbocycles. The largest absolute Gasteiger partial charge is 1.00 e. The number of hydrogen-bond acceptors (Lipinski definition) is 0. The predicted molar refractivity (Wildman–Crippen MR) is 72.2 cm³/mol. The first-order valence-electron chi connectivity index (χ1n) is 6.36. The summed E-state index contributed by atoms with van der Waals surface area (Å²) in [6, 6.07) is 0. The number of unbranched alkanes of at least 4 members (excludes halogenated alkanes) is 7. The van der Waals surface area contributed by atoms with Crippen LogP contribution in [0.4, 0.5) is 0 Å². The van der Waals surface area contributed by atoms with E-state index in [2.05, 4.69) is 26.9 Å². The molecule has 0 aromatic heterocycles. The summed E-state index contributed by atoms with van der Waals surface area (Å²) in [7, 11) is -0.482. The fraction of sp³-hybridized carbons (Fsp3) is 1.00. The summed E-state index contributed by atoms with van der Waals surface area (Å²) in [5.41, 5.74) is 0. The van der Waals surface area contributed by atoms with Crippen LogP contribution < -0.4 is 12.4 Å². The molecule has 0 aliphatic carbocycles. The Morgan fingerprint density at radius 1 is 0.667 bits per heavy atom. The van der Waals surface area contributed by atoms with Gasteiger partial charge in [-0.15, -0.1) is 0 Å². The molecule has 0 heterocycles. The molecule has 2 heteroatoms. The predicted octanol–water partition coefficient (Wildman–Crippen LogP) is 2.04. The summed E-state index contributed by atoms with van der Waals surface area (Å²) >= 11 is 0. The third-order valence-corrected chi connectivity index (χ3v) is 4.34. The lowest BCUT2D eigenvalue weighted by atomic mass is 10.1. The molecule has 0 aromatic rings. The van der Waals surface area contributed by atoms with Crippen molar-refractivity contribution in [3.05, 3.63) is 0 Å². The number of rotatable bonds is 9. The lowest BCUT2D eigenvalue weighted by Gasteiger charge is -2.10. The van der Waals surface area contributed by atoms with E-state index >= 15 is 0 Å². The third kappa shape index (κ3) is 17.3. The summed E-state index contributed by atoms with van der Waals surface area (Å²) in [5, 5.41) is 0. The van der Waals surface area contributed by atoms with E-state index in [1.807, 2.05) is 0 Å². The molecular weight excluding hydrogens is 223 g/mol. The zero-order chi connectivity index (χ0) is 10.9. The minimum absolute atomic E-state index is 0. The highest BCUT2D eigenvalue weighted by atomic mass is 35.5. The van der Waals surface area contributed by atoms with Crippen molar-refractivity contribution in [3.63, 3.8) is 0 Å². The van der Waals surface area contributed by atoms with Gasteiger partial charge >= 0.3 is 0 Å². The highest BCUT2D eigenvalue weighted by molar-refractivity contribution is 7.73. The Kier molecular flexibility index (Phi) is 13.5. The SMILES string of the molecule is CCCCCCCCCC[P+](C)(C)C.[Cl-]. The van der Waals surface area contributed by atoms with Gasteiger partial charge in [-0.2, -0.15) is 0 Å². The molecule has 0 amide bonds. The summed E-state index contributed by atoms with van der Waals surface area (Å²) in [6.45, 7) is 9.64. The van der Waals surface area contributed by atoms with Crippen molar-refractivity contribution in [2.75, 3.05) is 26.2 Å². The van der Waals surface area contributed by atoms with Crippen molar-refractivity contribution in [2.45, 2.75) is 58.3 Å². The van der Waals surface area contributed by atoms with Gasteiger partial charge in [0.25, 0.3) is 0 Å². The number of halogens is 1. The summed E-state index contributed by atoms with van der Waals surface area (Å²) < 4.78 is 0. The minimum Gasteiger partial charge on any atom is -1.00 e. The number of hydrogen-bond donors (Lipinski definition) is 0. The second-order valence-corrected chi connectivity index (χ2v) is 10.5. The molecule has 0 saturated heterocycles. The lowest BCUT2D eigenvalue weighted by Crippen LogP contribution is -3.00. The van der Waals surface area contributed by atoms with E-state index in [1.54, 1.807) is 0 Å². The van der Waals surface area contributed by atoms with Crippen LogP contribution in [0.2, 0.25) is 0 Å². The fourth-order valence-corrected chi connectivity index (χ4v) is 2.89. The molecule has 15 heavy (non-hydrogen) atoms. The van der Waals surface area contributed by atoms with Crippen LogP contribution in [-0.4, -0.2) is 26.2 Å². The Labute approximate surface area is 104 Å². The van der Waals surface area contributed by atoms with E-state index in [9.17, 15) is 0 Å². The van der Waals surface area contributed by atoms with E-state index < -0.39 is 7.26 Å². The van der Waals surface area contributed by atoms with Gasteiger partial charge in [-0.3, -0.25) is 0 Å². The molecule has 0 aliphatic heterocycles. The maximum atomic E-state index is 2.45. The molecule has 0 aliphatic rings. The first-order chi connectivity index (χ1) is 6.56. The Morgan fingerprint density at radius 3 is 1.47 bits per heavy atom. The molecule has 0 N–H and O–H groups in total. The molecule has 0 atom stereocenters. The van der Waals surface area contributed by atoms with Gasteiger partial charge in [0.05, 0.1) is 6.16 Å². The highest BCUT2D eigenvalue weighted by Gasteiger charge is 2.15. The standard InChI is InChI=1S/C13H30P.ClH/c1-5-6-7-8-9-10-11-12-13-14(2,3)4;/h5-13H2,1-4H3;1H/q+1;/p-1. The van der Waals surface area contributed by atoms with E-state index in [0.717, 1.165) is 0 Å². The maximum Gasteiger partial charge on any atom is 0.0586 e. The zero-order valence-corrected chi connectivity index (χ0v) is 12.8. The van der Waals surface area contributed by atoms with Gasteiger partial charge in [0, 0.05) is 27.3 Å². The van der Waals surface area contributed by atoms with Crippen LogP contribution in [-0.2, 0) is 0 Å². The second-order valence-electron chi connectivity index (χ2n) is 5.49. The fourth-order valence-electron chi connectivity index (χ4n) is 1.72. The first-order valence-corrected chi connectivity index (χ1v) is 9.68. The van der Waals surface area contributed by atoms with Gasteiger partial charge in [-0.05, 0) is 12.8 Å². The Balaban J connectivity index is 0. The van der Waals surface area contributed by atoms with E-state index in [0.29, 0.717) is 0 Å². The van der Waals surface area contributed by atoms with Gasteiger partial charge in [-0.25, -0.2) is 0 Å². The third-order valence-electron chi connectivity index (χ3n) is 2.68. The first kappa shape index (κ1) is 18.1. The normalized spacial score (nSPS) is 11.2. The smallest absolute Gasteiger partial charge is 0.0586 e. The minimum atomic E-state index is -0.482. The van der Waals surface area contributed by atoms with Crippen molar-refractivity contribution in [1.82, 2.24) is 0 Å². The van der Waals surface area contributed by atoms with Crippen molar-refractivity contribution >= 4 is 7.26 Å². The zero-order valence-electron chi connectivity index (χ0n) is 11.2. The Morgan fingerprint density at radius 2 is 1.07 bits per heavy atom. The van der Waals surface area contributed by atoms with Gasteiger partial charge in [0.15, 0.2) is 0 Å². The van der Waals surface area contributed by atoms with E-state index in [4.69, 9.17) is 0 Å². The maximum absolute atomic E-state index is 2.45. The van der Waals surface area contributed by atoms with Crippen LogP contribution in [0.15, 0.2) is 0 Å². The van der Waals surface area contributed by atoms with Gasteiger partial charge in [-0.1, -0.05) is 45.4 Å². The average molecular weight is 253 g/mol. The quantitative estimate of drug-likeness (QED) is 0.435. The molecule has 0 radical (unpaired) electrons. The Hall–Kier alpha value is 0.720. The van der Waals surface area contributed by atoms with Gasteiger partial charge < -0.3 is 12.4 Å². The topological polar surface area (TPSA) is 0 Å². The van der Waals surface area contributed by atoms with Crippen LogP contribution in [0.3, 0.4) is 0 Å². The van der Waals surface area contributed by atoms with Crippen molar-refractivity contribution in [2.24, 2.45) is 0 Å². The molecule has 0 bridgehead atoms. The average Bonchev–Trinajstić information content (AvgIpc) is 2.08. The van der Waals surface area contributed by atoms with Crippen LogP contribution in [0.5, 0.6) is 0 Å². The van der Waals surface area contributed by atoms with Gasteiger partial charge in [0.2, 0.25) is 0 Å². The molecule has 94 valence electrons. The van der Waals surface area contributed by atoms with Crippen LogP contribution >= 0.6 is 7.26 Å². The van der Waals surface area contributed by atoms with Crippen molar-refractivity contribution in [3.8, 4) is 0 Å². The molecule has 0 saturated carbocycles. The van der Waals surface area contributed by atoms with Crippen molar-refractivity contribution in [1.29, 1.82) is 0 Å². The molecule has 0 spiro atoms. The van der Waals surface area contributed by atoms with Crippen LogP contribution in [0.25, 0.3) is 0 Å². The monoisotopic (exact) mass is 252 g/mol. The van der Waals surface area contributed by atoms with Crippen LogP contribution in [0.1, 0.15) is 58.3 Å². The molecule has 0 rings (SSSR count). The molecular formula is C13H30ClP. The van der Waals surface area contributed by atoms with E-state index in [1.165, 1.54) is 57.5 Å². The molecule has 0 unspecified atom stereocenters. The molecule has 0 nitrogen and oxygen atoms in total. The van der Waals surface area contributed by atoms with Gasteiger partial charge in [0.1, 0.15) is 0 Å². The molecule has 0 fully saturated rings. The summed E-state index contributed by atoms with van der Waals surface area (Å²) in [4.78, 5) is 0. The van der Waals surface area contributed by atoms with Crippen LogP contribution in [0, 0.1) is 0 Å². The van der Waals surface area contributed by atoms with Crippen molar-refractivity contribution < 1.29 is 12.4 Å². The highest BCUT2D eigenvalue weighted by Crippen LogP contribution is 2.47.